The first kappa shape index (κ1) is 20.9. The average molecular weight is 440 g/mol. The fraction of sp³-hybridized carbons (Fsp3) is 0.440. The SMILES string of the molecule is CC(C)(C)OC(=O)N1CC(c2nn(CC3Cc4ccccc4C3)c3cc(F)cc(F)c23)C1. The Balaban J connectivity index is 1.39. The van der Waals surface area contributed by atoms with Crippen LogP contribution < -0.4 is 0 Å². The second kappa shape index (κ2) is 7.57. The van der Waals surface area contributed by atoms with Gasteiger partial charge >= 0.3 is 6.09 Å². The lowest BCUT2D eigenvalue weighted by atomic mass is 9.94. The van der Waals surface area contributed by atoms with Gasteiger partial charge in [0.2, 0.25) is 0 Å². The van der Waals surface area contributed by atoms with E-state index in [0.717, 1.165) is 18.9 Å². The number of hydrogen-bond acceptors (Lipinski definition) is 3. The number of benzene rings is 2. The molecular formula is C25H27F2N3O2. The molecule has 2 aliphatic rings. The number of amides is 1. The summed E-state index contributed by atoms with van der Waals surface area (Å²) in [6.45, 7) is 6.88. The Morgan fingerprint density at radius 3 is 2.41 bits per heavy atom. The largest absolute Gasteiger partial charge is 0.444 e. The monoisotopic (exact) mass is 439 g/mol. The second-order valence-electron chi connectivity index (χ2n) is 9.97. The maximum Gasteiger partial charge on any atom is 0.410 e. The van der Waals surface area contributed by atoms with E-state index in [-0.39, 0.29) is 12.0 Å². The molecule has 2 heterocycles. The molecule has 5 nitrogen and oxygen atoms in total. The standard InChI is InChI=1S/C25H27F2N3O2/c1-25(2,3)32-24(31)29-13-18(14-29)23-22-20(27)10-19(26)11-21(22)30(28-23)12-15-8-16-6-4-5-7-17(16)9-15/h4-7,10-11,15,18H,8-9,12-14H2,1-3H3. The summed E-state index contributed by atoms with van der Waals surface area (Å²) in [7, 11) is 0. The molecule has 0 N–H and O–H groups in total. The van der Waals surface area contributed by atoms with Crippen molar-refractivity contribution in [3.63, 3.8) is 0 Å². The van der Waals surface area contributed by atoms with E-state index < -0.39 is 17.2 Å². The summed E-state index contributed by atoms with van der Waals surface area (Å²) in [4.78, 5) is 13.9. The number of carbonyl (C=O) groups excluding carboxylic acids is 1. The van der Waals surface area contributed by atoms with Crippen LogP contribution in [0.5, 0.6) is 0 Å². The topological polar surface area (TPSA) is 47.4 Å². The number of likely N-dealkylation sites (tertiary alicyclic amines) is 1. The Bertz CT molecular complexity index is 1170. The van der Waals surface area contributed by atoms with Crippen LogP contribution in [0.4, 0.5) is 13.6 Å². The van der Waals surface area contributed by atoms with Crippen LogP contribution in [0, 0.1) is 17.6 Å². The second-order valence-corrected chi connectivity index (χ2v) is 9.97. The molecule has 7 heteroatoms. The summed E-state index contributed by atoms with van der Waals surface area (Å²) < 4.78 is 36.1. The summed E-state index contributed by atoms with van der Waals surface area (Å²) in [6.07, 6.45) is 1.48. The molecule has 168 valence electrons. The number of rotatable bonds is 3. The fourth-order valence-electron chi connectivity index (χ4n) is 4.83. The molecule has 0 bridgehead atoms. The van der Waals surface area contributed by atoms with Gasteiger partial charge in [0.05, 0.1) is 16.6 Å². The van der Waals surface area contributed by atoms with Crippen LogP contribution in [0.3, 0.4) is 0 Å². The van der Waals surface area contributed by atoms with Gasteiger partial charge in [-0.3, -0.25) is 4.68 Å². The highest BCUT2D eigenvalue weighted by molar-refractivity contribution is 5.84. The van der Waals surface area contributed by atoms with Gasteiger partial charge in [-0.15, -0.1) is 0 Å². The number of halogens is 2. The van der Waals surface area contributed by atoms with E-state index >= 15 is 0 Å². The molecule has 3 aromatic rings. The molecule has 0 spiro atoms. The Kier molecular flexibility index (Phi) is 4.95. The van der Waals surface area contributed by atoms with E-state index in [9.17, 15) is 13.6 Å². The van der Waals surface area contributed by atoms with E-state index in [1.54, 1.807) is 9.58 Å². The lowest BCUT2D eigenvalue weighted by molar-refractivity contribution is 0.00791. The molecule has 1 aliphatic heterocycles. The summed E-state index contributed by atoms with van der Waals surface area (Å²) >= 11 is 0. The first-order valence-corrected chi connectivity index (χ1v) is 11.1. The molecule has 1 aromatic heterocycles. The van der Waals surface area contributed by atoms with E-state index in [4.69, 9.17) is 9.84 Å². The number of aromatic nitrogens is 2. The number of hydrogen-bond donors (Lipinski definition) is 0. The third-order valence-corrected chi connectivity index (χ3v) is 6.28. The van der Waals surface area contributed by atoms with Gasteiger partial charge in [0.25, 0.3) is 0 Å². The van der Waals surface area contributed by atoms with Crippen molar-refractivity contribution in [2.75, 3.05) is 13.1 Å². The average Bonchev–Trinajstić information content (AvgIpc) is 3.20. The summed E-state index contributed by atoms with van der Waals surface area (Å²) in [5.41, 5.74) is 3.16. The van der Waals surface area contributed by atoms with Gasteiger partial charge in [-0.25, -0.2) is 13.6 Å². The lowest BCUT2D eigenvalue weighted by Gasteiger charge is -2.39. The zero-order valence-electron chi connectivity index (χ0n) is 18.6. The van der Waals surface area contributed by atoms with Crippen molar-refractivity contribution >= 4 is 17.0 Å². The Morgan fingerprint density at radius 2 is 1.78 bits per heavy atom. The smallest absolute Gasteiger partial charge is 0.410 e. The molecule has 1 aliphatic carbocycles. The van der Waals surface area contributed by atoms with E-state index in [1.807, 2.05) is 32.9 Å². The maximum absolute atomic E-state index is 14.8. The minimum Gasteiger partial charge on any atom is -0.444 e. The highest BCUT2D eigenvalue weighted by Gasteiger charge is 2.38. The van der Waals surface area contributed by atoms with Gasteiger partial charge < -0.3 is 9.64 Å². The van der Waals surface area contributed by atoms with Crippen molar-refractivity contribution in [1.82, 2.24) is 14.7 Å². The maximum atomic E-state index is 14.8. The molecule has 0 unspecified atom stereocenters. The minimum atomic E-state index is -0.610. The number of ether oxygens (including phenoxy) is 1. The molecule has 0 atom stereocenters. The molecular weight excluding hydrogens is 412 g/mol. The molecule has 32 heavy (non-hydrogen) atoms. The zero-order valence-corrected chi connectivity index (χ0v) is 18.6. The molecule has 0 radical (unpaired) electrons. The van der Waals surface area contributed by atoms with Crippen LogP contribution in [0.25, 0.3) is 10.9 Å². The molecule has 1 fully saturated rings. The number of carbonyl (C=O) groups is 1. The van der Waals surface area contributed by atoms with Gasteiger partial charge in [0.1, 0.15) is 17.2 Å². The van der Waals surface area contributed by atoms with E-state index in [0.29, 0.717) is 42.1 Å². The highest BCUT2D eigenvalue weighted by atomic mass is 19.1. The third kappa shape index (κ3) is 3.85. The Morgan fingerprint density at radius 1 is 1.12 bits per heavy atom. The minimum absolute atomic E-state index is 0.105. The molecule has 0 saturated carbocycles. The first-order valence-electron chi connectivity index (χ1n) is 11.1. The van der Waals surface area contributed by atoms with Gasteiger partial charge in [0, 0.05) is 31.6 Å². The summed E-state index contributed by atoms with van der Waals surface area (Å²) in [5.74, 6) is -0.991. The Labute approximate surface area is 186 Å². The van der Waals surface area contributed by atoms with Crippen molar-refractivity contribution in [2.24, 2.45) is 5.92 Å². The van der Waals surface area contributed by atoms with Crippen molar-refractivity contribution in [1.29, 1.82) is 0 Å². The number of nitrogens with zero attached hydrogens (tertiary/aromatic N) is 3. The molecule has 1 saturated heterocycles. The molecule has 2 aromatic carbocycles. The van der Waals surface area contributed by atoms with Crippen molar-refractivity contribution in [3.8, 4) is 0 Å². The highest BCUT2D eigenvalue weighted by Crippen LogP contribution is 2.36. The van der Waals surface area contributed by atoms with Gasteiger partial charge in [-0.2, -0.15) is 5.10 Å². The summed E-state index contributed by atoms with van der Waals surface area (Å²) in [5, 5.41) is 5.10. The molecule has 5 rings (SSSR count). The van der Waals surface area contributed by atoms with Gasteiger partial charge in [-0.05, 0) is 56.7 Å². The van der Waals surface area contributed by atoms with Gasteiger partial charge in [-0.1, -0.05) is 24.3 Å². The molecule has 1 amide bonds. The normalized spacial score (nSPS) is 17.0. The van der Waals surface area contributed by atoms with Crippen molar-refractivity contribution in [3.05, 3.63) is 64.9 Å². The quantitative estimate of drug-likeness (QED) is 0.573. The van der Waals surface area contributed by atoms with Crippen LogP contribution in [-0.2, 0) is 24.1 Å². The first-order chi connectivity index (χ1) is 15.2. The van der Waals surface area contributed by atoms with E-state index in [2.05, 4.69) is 12.1 Å². The number of fused-ring (bicyclic) bond motifs is 2. The van der Waals surface area contributed by atoms with Crippen molar-refractivity contribution < 1.29 is 18.3 Å². The van der Waals surface area contributed by atoms with Crippen LogP contribution in [-0.4, -0.2) is 39.5 Å². The van der Waals surface area contributed by atoms with Crippen LogP contribution in [0.1, 0.15) is 43.5 Å². The lowest BCUT2D eigenvalue weighted by Crippen LogP contribution is -2.50. The van der Waals surface area contributed by atoms with Crippen LogP contribution in [0.15, 0.2) is 36.4 Å². The third-order valence-electron chi connectivity index (χ3n) is 6.28. The van der Waals surface area contributed by atoms with Crippen LogP contribution in [0.2, 0.25) is 0 Å². The zero-order chi connectivity index (χ0) is 22.6. The van der Waals surface area contributed by atoms with Gasteiger partial charge in [0.15, 0.2) is 0 Å². The summed E-state index contributed by atoms with van der Waals surface area (Å²) in [6, 6.07) is 10.6. The predicted molar refractivity (Wildman–Crippen MR) is 118 cm³/mol. The van der Waals surface area contributed by atoms with E-state index in [1.165, 1.54) is 17.2 Å². The van der Waals surface area contributed by atoms with Crippen molar-refractivity contribution in [2.45, 2.75) is 51.7 Å². The fourth-order valence-corrected chi connectivity index (χ4v) is 4.83. The Hall–Kier alpha value is -2.96. The predicted octanol–water partition coefficient (Wildman–Crippen LogP) is 5.06. The van der Waals surface area contributed by atoms with Crippen LogP contribution >= 0.6 is 0 Å².